The molecule has 1 heterocycles. The van der Waals surface area contributed by atoms with Gasteiger partial charge in [0.1, 0.15) is 17.1 Å². The van der Waals surface area contributed by atoms with E-state index in [0.29, 0.717) is 0 Å². The molecular weight excluding hydrogens is 178 g/mol. The predicted octanol–water partition coefficient (Wildman–Crippen LogP) is 1.59. The zero-order chi connectivity index (χ0) is 10.1. The molecule has 0 saturated carbocycles. The molecule has 4 heteroatoms. The number of ether oxygens (including phenoxy) is 1. The number of aromatic amines is 1. The Hall–Kier alpha value is -1.55. The lowest BCUT2D eigenvalue weighted by atomic mass is 10.3. The van der Waals surface area contributed by atoms with E-state index in [0.717, 1.165) is 22.6 Å². The summed E-state index contributed by atoms with van der Waals surface area (Å²) in [5, 5.41) is 0. The Morgan fingerprint density at radius 2 is 2.29 bits per heavy atom. The minimum absolute atomic E-state index is 0.0906. The Morgan fingerprint density at radius 1 is 1.50 bits per heavy atom. The molecule has 14 heavy (non-hydrogen) atoms. The van der Waals surface area contributed by atoms with Crippen molar-refractivity contribution in [3.63, 3.8) is 0 Å². The summed E-state index contributed by atoms with van der Waals surface area (Å²) in [7, 11) is 1.63. The predicted molar refractivity (Wildman–Crippen MR) is 55.2 cm³/mol. The van der Waals surface area contributed by atoms with Crippen molar-refractivity contribution in [2.24, 2.45) is 5.73 Å². The molecule has 0 saturated heterocycles. The molecule has 4 nitrogen and oxygen atoms in total. The number of aromatic nitrogens is 2. The number of nitrogens with two attached hydrogens (primary N) is 1. The number of nitrogens with zero attached hydrogens (tertiary/aromatic N) is 1. The fraction of sp³-hybridized carbons (Fsp3) is 0.300. The van der Waals surface area contributed by atoms with Crippen LogP contribution in [0.2, 0.25) is 0 Å². The summed E-state index contributed by atoms with van der Waals surface area (Å²) in [5.41, 5.74) is 7.53. The lowest BCUT2D eigenvalue weighted by Crippen LogP contribution is -2.06. The average molecular weight is 191 g/mol. The summed E-state index contributed by atoms with van der Waals surface area (Å²) < 4.78 is 5.20. The van der Waals surface area contributed by atoms with Gasteiger partial charge in [-0.25, -0.2) is 4.98 Å². The number of para-hydroxylation sites is 1. The third kappa shape index (κ3) is 1.33. The van der Waals surface area contributed by atoms with E-state index in [2.05, 4.69) is 9.97 Å². The fourth-order valence-electron chi connectivity index (χ4n) is 1.41. The number of hydrogen-bond donors (Lipinski definition) is 2. The minimum Gasteiger partial charge on any atom is -0.494 e. The minimum atomic E-state index is -0.0906. The van der Waals surface area contributed by atoms with Crippen molar-refractivity contribution in [3.8, 4) is 5.75 Å². The zero-order valence-electron chi connectivity index (χ0n) is 8.24. The van der Waals surface area contributed by atoms with Crippen LogP contribution in [0, 0.1) is 0 Å². The van der Waals surface area contributed by atoms with Crippen molar-refractivity contribution in [2.45, 2.75) is 13.0 Å². The van der Waals surface area contributed by atoms with Crippen molar-refractivity contribution in [1.29, 1.82) is 0 Å². The second kappa shape index (κ2) is 3.31. The highest BCUT2D eigenvalue weighted by molar-refractivity contribution is 5.81. The highest BCUT2D eigenvalue weighted by Gasteiger charge is 2.09. The summed E-state index contributed by atoms with van der Waals surface area (Å²) in [6, 6.07) is 5.67. The molecule has 1 atom stereocenters. The van der Waals surface area contributed by atoms with Crippen LogP contribution in [0.1, 0.15) is 18.8 Å². The number of methoxy groups -OCH3 is 1. The van der Waals surface area contributed by atoms with E-state index in [1.807, 2.05) is 25.1 Å². The van der Waals surface area contributed by atoms with E-state index in [9.17, 15) is 0 Å². The van der Waals surface area contributed by atoms with Gasteiger partial charge in [0.2, 0.25) is 0 Å². The number of imidazole rings is 1. The van der Waals surface area contributed by atoms with Crippen molar-refractivity contribution < 1.29 is 4.74 Å². The van der Waals surface area contributed by atoms with Gasteiger partial charge in [-0.3, -0.25) is 0 Å². The van der Waals surface area contributed by atoms with Crippen molar-refractivity contribution in [1.82, 2.24) is 9.97 Å². The Labute approximate surface area is 82.1 Å². The monoisotopic (exact) mass is 191 g/mol. The first-order valence-electron chi connectivity index (χ1n) is 4.50. The molecule has 0 spiro atoms. The molecule has 0 radical (unpaired) electrons. The SMILES string of the molecule is COc1cccc2[nH]c([C@@H](C)N)nc12. The Bertz CT molecular complexity index is 448. The van der Waals surface area contributed by atoms with Crippen LogP contribution >= 0.6 is 0 Å². The normalized spacial score (nSPS) is 13.1. The number of rotatable bonds is 2. The van der Waals surface area contributed by atoms with E-state index in [-0.39, 0.29) is 6.04 Å². The maximum absolute atomic E-state index is 5.73. The summed E-state index contributed by atoms with van der Waals surface area (Å²) in [6.45, 7) is 1.89. The number of benzene rings is 1. The molecule has 0 fully saturated rings. The summed E-state index contributed by atoms with van der Waals surface area (Å²) in [5.74, 6) is 1.55. The van der Waals surface area contributed by atoms with Crippen LogP contribution in [0.4, 0.5) is 0 Å². The van der Waals surface area contributed by atoms with Crippen LogP contribution in [0.15, 0.2) is 18.2 Å². The van der Waals surface area contributed by atoms with Gasteiger partial charge in [-0.15, -0.1) is 0 Å². The van der Waals surface area contributed by atoms with Gasteiger partial charge in [0.05, 0.1) is 18.7 Å². The molecule has 0 unspecified atom stereocenters. The second-order valence-corrected chi connectivity index (χ2v) is 3.27. The van der Waals surface area contributed by atoms with Crippen LogP contribution in [-0.4, -0.2) is 17.1 Å². The van der Waals surface area contributed by atoms with Gasteiger partial charge < -0.3 is 15.5 Å². The van der Waals surface area contributed by atoms with Crippen LogP contribution in [0.25, 0.3) is 11.0 Å². The molecule has 0 aliphatic rings. The van der Waals surface area contributed by atoms with Crippen molar-refractivity contribution in [2.75, 3.05) is 7.11 Å². The number of hydrogen-bond acceptors (Lipinski definition) is 3. The topological polar surface area (TPSA) is 63.9 Å². The number of nitrogens with one attached hydrogen (secondary N) is 1. The van der Waals surface area contributed by atoms with Gasteiger partial charge in [0.25, 0.3) is 0 Å². The van der Waals surface area contributed by atoms with Gasteiger partial charge in [-0.1, -0.05) is 6.07 Å². The molecule has 0 aliphatic carbocycles. The lowest BCUT2D eigenvalue weighted by molar-refractivity contribution is 0.419. The highest BCUT2D eigenvalue weighted by atomic mass is 16.5. The summed E-state index contributed by atoms with van der Waals surface area (Å²) in [6.07, 6.45) is 0. The van der Waals surface area contributed by atoms with Crippen LogP contribution in [-0.2, 0) is 0 Å². The average Bonchev–Trinajstić information content (AvgIpc) is 2.60. The van der Waals surface area contributed by atoms with E-state index < -0.39 is 0 Å². The maximum atomic E-state index is 5.73. The Morgan fingerprint density at radius 3 is 2.93 bits per heavy atom. The van der Waals surface area contributed by atoms with E-state index in [1.54, 1.807) is 7.11 Å². The largest absolute Gasteiger partial charge is 0.494 e. The zero-order valence-corrected chi connectivity index (χ0v) is 8.24. The molecular formula is C10H13N3O. The maximum Gasteiger partial charge on any atom is 0.146 e. The van der Waals surface area contributed by atoms with Gasteiger partial charge >= 0.3 is 0 Å². The quantitative estimate of drug-likeness (QED) is 0.757. The molecule has 0 bridgehead atoms. The standard InChI is InChI=1S/C10H13N3O/c1-6(11)10-12-7-4-3-5-8(14-2)9(7)13-10/h3-6H,11H2,1-2H3,(H,12,13)/t6-/m1/s1. The van der Waals surface area contributed by atoms with Crippen molar-refractivity contribution >= 4 is 11.0 Å². The van der Waals surface area contributed by atoms with Gasteiger partial charge in [-0.05, 0) is 19.1 Å². The third-order valence-electron chi connectivity index (χ3n) is 2.15. The van der Waals surface area contributed by atoms with E-state index in [4.69, 9.17) is 10.5 Å². The van der Waals surface area contributed by atoms with Crippen LogP contribution in [0.5, 0.6) is 5.75 Å². The third-order valence-corrected chi connectivity index (χ3v) is 2.15. The van der Waals surface area contributed by atoms with E-state index in [1.165, 1.54) is 0 Å². The first kappa shape index (κ1) is 9.02. The Balaban J connectivity index is 2.64. The number of H-pyrrole nitrogens is 1. The second-order valence-electron chi connectivity index (χ2n) is 3.27. The summed E-state index contributed by atoms with van der Waals surface area (Å²) >= 11 is 0. The molecule has 3 N–H and O–H groups in total. The lowest BCUT2D eigenvalue weighted by Gasteiger charge is -1.98. The molecule has 0 aliphatic heterocycles. The first-order chi connectivity index (χ1) is 6.72. The van der Waals surface area contributed by atoms with E-state index >= 15 is 0 Å². The molecule has 1 aromatic heterocycles. The first-order valence-corrected chi connectivity index (χ1v) is 4.50. The fourth-order valence-corrected chi connectivity index (χ4v) is 1.41. The van der Waals surface area contributed by atoms with Crippen LogP contribution in [0.3, 0.4) is 0 Å². The molecule has 1 aromatic carbocycles. The van der Waals surface area contributed by atoms with Gasteiger partial charge in [0, 0.05) is 0 Å². The smallest absolute Gasteiger partial charge is 0.146 e. The van der Waals surface area contributed by atoms with Crippen LogP contribution < -0.4 is 10.5 Å². The van der Waals surface area contributed by atoms with Gasteiger partial charge in [-0.2, -0.15) is 0 Å². The highest BCUT2D eigenvalue weighted by Crippen LogP contribution is 2.24. The molecule has 2 rings (SSSR count). The molecule has 2 aromatic rings. The Kier molecular flexibility index (Phi) is 2.13. The van der Waals surface area contributed by atoms with Crippen molar-refractivity contribution in [3.05, 3.63) is 24.0 Å². The molecule has 74 valence electrons. The summed E-state index contributed by atoms with van der Waals surface area (Å²) in [4.78, 5) is 7.53. The molecule has 0 amide bonds. The number of fused-ring (bicyclic) bond motifs is 1. The van der Waals surface area contributed by atoms with Gasteiger partial charge in [0.15, 0.2) is 0 Å².